The molecule has 17 heavy (non-hydrogen) atoms. The molecule has 4 heteroatoms. The molecule has 0 saturated carbocycles. The van der Waals surface area contributed by atoms with Gasteiger partial charge in [0.15, 0.2) is 0 Å². The molecule has 0 amide bonds. The van der Waals surface area contributed by atoms with Crippen LogP contribution in [-0.4, -0.2) is 0 Å². The third-order valence-corrected chi connectivity index (χ3v) is 3.61. The van der Waals surface area contributed by atoms with Crippen LogP contribution in [0.1, 0.15) is 5.56 Å². The molecule has 0 radical (unpaired) electrons. The fourth-order valence-corrected chi connectivity index (χ4v) is 3.05. The second-order valence-corrected chi connectivity index (χ2v) is 5.33. The van der Waals surface area contributed by atoms with Crippen molar-refractivity contribution in [1.29, 1.82) is 0 Å². The lowest BCUT2D eigenvalue weighted by Crippen LogP contribution is -1.87. The molecule has 0 aromatic heterocycles. The van der Waals surface area contributed by atoms with Crippen LogP contribution >= 0.6 is 46.4 Å². The zero-order valence-electron chi connectivity index (χ0n) is 8.90. The molecule has 0 fully saturated rings. The topological polar surface area (TPSA) is 0 Å². The van der Waals surface area contributed by atoms with Gasteiger partial charge in [-0.25, -0.2) is 0 Å². The smallest absolute Gasteiger partial charge is 0.0514 e. The van der Waals surface area contributed by atoms with Crippen LogP contribution in [0.4, 0.5) is 0 Å². The standard InChI is InChI=1S/C13H8Cl4/c1-7-3-2-4-9(15)12(7)13-10(16)5-8(14)6-11(13)17/h2-6H,1H3. The minimum absolute atomic E-state index is 0.499. The zero-order valence-corrected chi connectivity index (χ0v) is 11.9. The summed E-state index contributed by atoms with van der Waals surface area (Å²) < 4.78 is 0. The molecule has 0 aliphatic carbocycles. The third kappa shape index (κ3) is 2.56. The van der Waals surface area contributed by atoms with Gasteiger partial charge in [0.2, 0.25) is 0 Å². The summed E-state index contributed by atoms with van der Waals surface area (Å²) in [4.78, 5) is 0. The molecule has 0 saturated heterocycles. The molecule has 0 nitrogen and oxygen atoms in total. The van der Waals surface area contributed by atoms with Gasteiger partial charge in [0.25, 0.3) is 0 Å². The van der Waals surface area contributed by atoms with Gasteiger partial charge < -0.3 is 0 Å². The van der Waals surface area contributed by atoms with Crippen molar-refractivity contribution in [3.63, 3.8) is 0 Å². The van der Waals surface area contributed by atoms with Crippen LogP contribution in [0.5, 0.6) is 0 Å². The van der Waals surface area contributed by atoms with Gasteiger partial charge in [0.05, 0.1) is 10.0 Å². The Morgan fingerprint density at radius 1 is 0.765 bits per heavy atom. The highest BCUT2D eigenvalue weighted by Crippen LogP contribution is 2.41. The van der Waals surface area contributed by atoms with E-state index in [1.807, 2.05) is 25.1 Å². The van der Waals surface area contributed by atoms with Crippen molar-refractivity contribution in [3.8, 4) is 11.1 Å². The SMILES string of the molecule is Cc1cccc(Cl)c1-c1c(Cl)cc(Cl)cc1Cl. The van der Waals surface area contributed by atoms with Gasteiger partial charge in [-0.2, -0.15) is 0 Å². The number of benzene rings is 2. The summed E-state index contributed by atoms with van der Waals surface area (Å²) >= 11 is 24.5. The molecule has 0 aliphatic rings. The first-order valence-corrected chi connectivity index (χ1v) is 6.42. The lowest BCUT2D eigenvalue weighted by atomic mass is 10.0. The molecule has 88 valence electrons. The van der Waals surface area contributed by atoms with Crippen LogP contribution in [0.3, 0.4) is 0 Å². The van der Waals surface area contributed by atoms with Gasteiger partial charge in [0, 0.05) is 21.2 Å². The highest BCUT2D eigenvalue weighted by Gasteiger charge is 2.14. The maximum atomic E-state index is 6.20. The maximum Gasteiger partial charge on any atom is 0.0514 e. The average Bonchev–Trinajstić information content (AvgIpc) is 2.21. The molecule has 0 unspecified atom stereocenters. The lowest BCUT2D eigenvalue weighted by Gasteiger charge is -2.12. The second kappa shape index (κ2) is 5.07. The quantitative estimate of drug-likeness (QED) is 0.582. The minimum Gasteiger partial charge on any atom is -0.0842 e. The summed E-state index contributed by atoms with van der Waals surface area (Å²) in [7, 11) is 0. The molecule has 2 aromatic carbocycles. The molecule has 2 rings (SSSR count). The van der Waals surface area contributed by atoms with Crippen molar-refractivity contribution in [1.82, 2.24) is 0 Å². The molecule has 0 atom stereocenters. The van der Waals surface area contributed by atoms with E-state index in [1.165, 1.54) is 0 Å². The van der Waals surface area contributed by atoms with E-state index in [2.05, 4.69) is 0 Å². The van der Waals surface area contributed by atoms with Crippen molar-refractivity contribution in [3.05, 3.63) is 56.0 Å². The monoisotopic (exact) mass is 304 g/mol. The van der Waals surface area contributed by atoms with Crippen molar-refractivity contribution < 1.29 is 0 Å². The summed E-state index contributed by atoms with van der Waals surface area (Å²) in [5.41, 5.74) is 2.59. The molecule has 2 aromatic rings. The molecule has 0 spiro atoms. The van der Waals surface area contributed by atoms with Crippen LogP contribution in [0.2, 0.25) is 20.1 Å². The van der Waals surface area contributed by atoms with Gasteiger partial charge in [-0.3, -0.25) is 0 Å². The van der Waals surface area contributed by atoms with E-state index >= 15 is 0 Å². The number of hydrogen-bond donors (Lipinski definition) is 0. The second-order valence-electron chi connectivity index (χ2n) is 3.68. The number of hydrogen-bond acceptors (Lipinski definition) is 0. The van der Waals surface area contributed by atoms with Crippen molar-refractivity contribution >= 4 is 46.4 Å². The largest absolute Gasteiger partial charge is 0.0842 e. The summed E-state index contributed by atoms with van der Waals surface area (Å²) in [5.74, 6) is 0. The van der Waals surface area contributed by atoms with Crippen LogP contribution in [0.25, 0.3) is 11.1 Å². The van der Waals surface area contributed by atoms with Crippen molar-refractivity contribution in [2.24, 2.45) is 0 Å². The molecular weight excluding hydrogens is 298 g/mol. The number of halogens is 4. The Balaban J connectivity index is 2.77. The van der Waals surface area contributed by atoms with Gasteiger partial charge in [-0.15, -0.1) is 0 Å². The summed E-state index contributed by atoms with van der Waals surface area (Å²) in [5, 5.41) is 2.13. The fraction of sp³-hybridized carbons (Fsp3) is 0.0769. The van der Waals surface area contributed by atoms with Crippen LogP contribution in [-0.2, 0) is 0 Å². The fourth-order valence-electron chi connectivity index (χ4n) is 1.73. The van der Waals surface area contributed by atoms with E-state index < -0.39 is 0 Å². The highest BCUT2D eigenvalue weighted by atomic mass is 35.5. The van der Waals surface area contributed by atoms with Crippen molar-refractivity contribution in [2.75, 3.05) is 0 Å². The van der Waals surface area contributed by atoms with E-state index in [-0.39, 0.29) is 0 Å². The number of rotatable bonds is 1. The summed E-state index contributed by atoms with van der Waals surface area (Å²) in [6.07, 6.45) is 0. The normalized spacial score (nSPS) is 10.6. The van der Waals surface area contributed by atoms with Crippen LogP contribution in [0.15, 0.2) is 30.3 Å². The maximum absolute atomic E-state index is 6.20. The first kappa shape index (κ1) is 13.0. The Morgan fingerprint density at radius 3 is 1.88 bits per heavy atom. The van der Waals surface area contributed by atoms with Gasteiger partial charge in [-0.05, 0) is 30.7 Å². The van der Waals surface area contributed by atoms with E-state index in [1.54, 1.807) is 12.1 Å². The van der Waals surface area contributed by atoms with Gasteiger partial charge >= 0.3 is 0 Å². The van der Waals surface area contributed by atoms with E-state index in [9.17, 15) is 0 Å². The number of aryl methyl sites for hydroxylation is 1. The minimum atomic E-state index is 0.499. The van der Waals surface area contributed by atoms with Crippen LogP contribution in [0, 0.1) is 6.92 Å². The summed E-state index contributed by atoms with van der Waals surface area (Å²) in [6.45, 7) is 1.96. The average molecular weight is 306 g/mol. The molecular formula is C13H8Cl4. The third-order valence-electron chi connectivity index (χ3n) is 2.48. The Hall–Kier alpha value is -0.400. The lowest BCUT2D eigenvalue weighted by molar-refractivity contribution is 1.46. The molecule has 0 heterocycles. The van der Waals surface area contributed by atoms with Crippen molar-refractivity contribution in [2.45, 2.75) is 6.92 Å². The predicted octanol–water partition coefficient (Wildman–Crippen LogP) is 6.28. The first-order valence-electron chi connectivity index (χ1n) is 4.90. The van der Waals surface area contributed by atoms with E-state index in [4.69, 9.17) is 46.4 Å². The van der Waals surface area contributed by atoms with Gasteiger partial charge in [-0.1, -0.05) is 58.5 Å². The Morgan fingerprint density at radius 2 is 1.35 bits per heavy atom. The van der Waals surface area contributed by atoms with Gasteiger partial charge in [0.1, 0.15) is 0 Å². The highest BCUT2D eigenvalue weighted by molar-refractivity contribution is 6.43. The van der Waals surface area contributed by atoms with E-state index in [0.717, 1.165) is 16.7 Å². The molecule has 0 N–H and O–H groups in total. The van der Waals surface area contributed by atoms with Crippen LogP contribution < -0.4 is 0 Å². The first-order chi connectivity index (χ1) is 8.00. The Kier molecular flexibility index (Phi) is 3.89. The van der Waals surface area contributed by atoms with E-state index in [0.29, 0.717) is 20.1 Å². The Labute approximate surface area is 120 Å². The zero-order chi connectivity index (χ0) is 12.6. The predicted molar refractivity (Wildman–Crippen MR) is 76.7 cm³/mol. The Bertz CT molecular complexity index is 532. The molecule has 0 bridgehead atoms. The summed E-state index contributed by atoms with van der Waals surface area (Å²) in [6, 6.07) is 8.98. The molecule has 0 aliphatic heterocycles.